The molecule has 0 N–H and O–H groups in total. The van der Waals surface area contributed by atoms with Crippen LogP contribution in [0.3, 0.4) is 0 Å². The Bertz CT molecular complexity index is 598. The molecule has 0 spiro atoms. The van der Waals surface area contributed by atoms with Gasteiger partial charge in [0, 0.05) is 12.3 Å². The van der Waals surface area contributed by atoms with Crippen molar-refractivity contribution in [3.63, 3.8) is 0 Å². The smallest absolute Gasteiger partial charge is 0.178 e. The van der Waals surface area contributed by atoms with E-state index in [0.29, 0.717) is 6.42 Å². The van der Waals surface area contributed by atoms with Gasteiger partial charge >= 0.3 is 0 Å². The van der Waals surface area contributed by atoms with Gasteiger partial charge in [0.05, 0.1) is 10.6 Å². The summed E-state index contributed by atoms with van der Waals surface area (Å²) in [4.78, 5) is 12.2. The van der Waals surface area contributed by atoms with Crippen LogP contribution < -0.4 is 0 Å². The quantitative estimate of drug-likeness (QED) is 0.830. The van der Waals surface area contributed by atoms with Crippen molar-refractivity contribution >= 4 is 15.6 Å². The fraction of sp³-hybridized carbons (Fsp3) is 0.267. The van der Waals surface area contributed by atoms with E-state index in [4.69, 9.17) is 0 Å². The molecule has 0 fully saturated rings. The predicted octanol–water partition coefficient (Wildman–Crippen LogP) is 2.55. The lowest BCUT2D eigenvalue weighted by Crippen LogP contribution is -2.17. The second kappa shape index (κ2) is 5.97. The zero-order valence-electron chi connectivity index (χ0n) is 10.5. The van der Waals surface area contributed by atoms with Crippen molar-refractivity contribution in [2.75, 3.05) is 5.75 Å². The van der Waals surface area contributed by atoms with Crippen LogP contribution in [0.2, 0.25) is 0 Å². The zero-order valence-corrected chi connectivity index (χ0v) is 11.3. The van der Waals surface area contributed by atoms with Gasteiger partial charge in [-0.1, -0.05) is 42.5 Å². The molecular formula is C15H16O3S. The Morgan fingerprint density at radius 2 is 1.89 bits per heavy atom. The first-order valence-corrected chi connectivity index (χ1v) is 7.89. The minimum absolute atomic E-state index is 0.0138. The Morgan fingerprint density at radius 1 is 1.16 bits per heavy atom. The lowest BCUT2D eigenvalue weighted by molar-refractivity contribution is -0.121. The molecular weight excluding hydrogens is 260 g/mol. The summed E-state index contributed by atoms with van der Waals surface area (Å²) in [5, 5.41) is 0. The second-order valence-corrected chi connectivity index (χ2v) is 6.61. The fourth-order valence-electron chi connectivity index (χ4n) is 1.99. The molecule has 0 saturated heterocycles. The Morgan fingerprint density at radius 3 is 2.53 bits per heavy atom. The van der Waals surface area contributed by atoms with Gasteiger partial charge in [0.15, 0.2) is 9.84 Å². The first kappa shape index (κ1) is 13.7. The SMILES string of the molecule is O=C(CCS(=O)(=O)c1ccccc1)C1C=CC=CC1. The maximum Gasteiger partial charge on any atom is 0.178 e. The topological polar surface area (TPSA) is 51.2 Å². The molecule has 0 amide bonds. The van der Waals surface area contributed by atoms with Crippen molar-refractivity contribution in [1.29, 1.82) is 0 Å². The number of hydrogen-bond acceptors (Lipinski definition) is 3. The molecule has 1 unspecified atom stereocenters. The minimum Gasteiger partial charge on any atom is -0.299 e. The molecule has 19 heavy (non-hydrogen) atoms. The summed E-state index contributed by atoms with van der Waals surface area (Å²) < 4.78 is 24.1. The van der Waals surface area contributed by atoms with Crippen LogP contribution >= 0.6 is 0 Å². The van der Waals surface area contributed by atoms with E-state index in [1.807, 2.05) is 24.3 Å². The van der Waals surface area contributed by atoms with Gasteiger partial charge in [0.2, 0.25) is 0 Å². The highest BCUT2D eigenvalue weighted by Gasteiger charge is 2.20. The molecule has 4 heteroatoms. The average molecular weight is 276 g/mol. The number of rotatable bonds is 5. The number of carbonyl (C=O) groups excluding carboxylic acids is 1. The van der Waals surface area contributed by atoms with Gasteiger partial charge in [-0.05, 0) is 18.6 Å². The van der Waals surface area contributed by atoms with Gasteiger partial charge in [-0.15, -0.1) is 0 Å². The van der Waals surface area contributed by atoms with Crippen LogP contribution in [0, 0.1) is 5.92 Å². The fourth-order valence-corrected chi connectivity index (χ4v) is 3.26. The third kappa shape index (κ3) is 3.64. The number of Topliss-reactive ketones (excluding diaryl/α,β-unsaturated/α-hetero) is 1. The van der Waals surface area contributed by atoms with Crippen molar-refractivity contribution in [2.24, 2.45) is 5.92 Å². The third-order valence-corrected chi connectivity index (χ3v) is 4.85. The number of hydrogen-bond donors (Lipinski definition) is 0. The first-order chi connectivity index (χ1) is 9.09. The van der Waals surface area contributed by atoms with Crippen LogP contribution in [-0.4, -0.2) is 20.0 Å². The van der Waals surface area contributed by atoms with Gasteiger partial charge < -0.3 is 0 Å². The lowest BCUT2D eigenvalue weighted by atomic mass is 9.95. The standard InChI is InChI=1S/C15H16O3S/c16-15(13-7-3-1-4-8-13)11-12-19(17,18)14-9-5-2-6-10-14/h1-7,9-10,13H,8,11-12H2. The summed E-state index contributed by atoms with van der Waals surface area (Å²) in [5.41, 5.74) is 0. The number of ketones is 1. The lowest BCUT2D eigenvalue weighted by Gasteiger charge is -2.11. The molecule has 0 aromatic heterocycles. The van der Waals surface area contributed by atoms with E-state index >= 15 is 0 Å². The van der Waals surface area contributed by atoms with Crippen LogP contribution in [0.15, 0.2) is 59.5 Å². The monoisotopic (exact) mass is 276 g/mol. The van der Waals surface area contributed by atoms with Crippen LogP contribution in [0.5, 0.6) is 0 Å². The van der Waals surface area contributed by atoms with E-state index in [9.17, 15) is 13.2 Å². The molecule has 2 rings (SSSR count). The molecule has 1 atom stereocenters. The average Bonchev–Trinajstić information content (AvgIpc) is 2.47. The largest absolute Gasteiger partial charge is 0.299 e. The van der Waals surface area contributed by atoms with Crippen molar-refractivity contribution < 1.29 is 13.2 Å². The van der Waals surface area contributed by atoms with Crippen LogP contribution in [-0.2, 0) is 14.6 Å². The summed E-state index contributed by atoms with van der Waals surface area (Å²) >= 11 is 0. The molecule has 1 aliphatic carbocycles. The first-order valence-electron chi connectivity index (χ1n) is 6.23. The summed E-state index contributed by atoms with van der Waals surface area (Å²) in [6.45, 7) is 0. The molecule has 100 valence electrons. The normalized spacial score (nSPS) is 18.4. The van der Waals surface area contributed by atoms with Gasteiger partial charge in [-0.2, -0.15) is 0 Å². The Hall–Kier alpha value is -1.68. The molecule has 3 nitrogen and oxygen atoms in total. The molecule has 0 heterocycles. The number of allylic oxidation sites excluding steroid dienone is 4. The van der Waals surface area contributed by atoms with Crippen molar-refractivity contribution in [2.45, 2.75) is 17.7 Å². The van der Waals surface area contributed by atoms with E-state index in [-0.39, 0.29) is 28.8 Å². The number of benzene rings is 1. The highest BCUT2D eigenvalue weighted by Crippen LogP contribution is 2.17. The van der Waals surface area contributed by atoms with Crippen LogP contribution in [0.1, 0.15) is 12.8 Å². The van der Waals surface area contributed by atoms with Crippen LogP contribution in [0.4, 0.5) is 0 Å². The van der Waals surface area contributed by atoms with Gasteiger partial charge in [0.25, 0.3) is 0 Å². The molecule has 0 radical (unpaired) electrons. The maximum absolute atomic E-state index is 12.0. The summed E-state index contributed by atoms with van der Waals surface area (Å²) in [7, 11) is -3.36. The molecule has 0 aliphatic heterocycles. The second-order valence-electron chi connectivity index (χ2n) is 4.50. The molecule has 0 bridgehead atoms. The van der Waals surface area contributed by atoms with E-state index in [1.165, 1.54) is 0 Å². The number of carbonyl (C=O) groups is 1. The molecule has 0 saturated carbocycles. The highest BCUT2D eigenvalue weighted by molar-refractivity contribution is 7.91. The van der Waals surface area contributed by atoms with Crippen molar-refractivity contribution in [1.82, 2.24) is 0 Å². The summed E-state index contributed by atoms with van der Waals surface area (Å²) in [6, 6.07) is 8.25. The third-order valence-electron chi connectivity index (χ3n) is 3.11. The van der Waals surface area contributed by atoms with Crippen LogP contribution in [0.25, 0.3) is 0 Å². The van der Waals surface area contributed by atoms with Crippen molar-refractivity contribution in [3.8, 4) is 0 Å². The predicted molar refractivity (Wildman–Crippen MR) is 74.5 cm³/mol. The molecule has 1 aliphatic rings. The Labute approximate surface area is 113 Å². The highest BCUT2D eigenvalue weighted by atomic mass is 32.2. The van der Waals surface area contributed by atoms with Gasteiger partial charge in [0.1, 0.15) is 5.78 Å². The van der Waals surface area contributed by atoms with Gasteiger partial charge in [-0.3, -0.25) is 4.79 Å². The minimum atomic E-state index is -3.36. The maximum atomic E-state index is 12.0. The van der Waals surface area contributed by atoms with E-state index in [0.717, 1.165) is 0 Å². The van der Waals surface area contributed by atoms with Gasteiger partial charge in [-0.25, -0.2) is 8.42 Å². The molecule has 1 aromatic rings. The Balaban J connectivity index is 1.97. The summed E-state index contributed by atoms with van der Waals surface area (Å²) in [5.74, 6) is -0.305. The zero-order chi connectivity index (χ0) is 13.7. The molecule has 1 aromatic carbocycles. The van der Waals surface area contributed by atoms with E-state index < -0.39 is 9.84 Å². The van der Waals surface area contributed by atoms with Crippen molar-refractivity contribution in [3.05, 3.63) is 54.6 Å². The Kier molecular flexibility index (Phi) is 4.32. The van der Waals surface area contributed by atoms with E-state index in [2.05, 4.69) is 0 Å². The van der Waals surface area contributed by atoms with E-state index in [1.54, 1.807) is 30.3 Å². The number of sulfone groups is 1. The summed E-state index contributed by atoms with van der Waals surface area (Å²) in [6.07, 6.45) is 8.22.